The van der Waals surface area contributed by atoms with Crippen molar-refractivity contribution in [1.29, 1.82) is 0 Å². The summed E-state index contributed by atoms with van der Waals surface area (Å²) in [5.74, 6) is -0.459. The van der Waals surface area contributed by atoms with E-state index in [0.29, 0.717) is 0 Å². The first-order valence-corrected chi connectivity index (χ1v) is 5.86. The number of esters is 1. The van der Waals surface area contributed by atoms with Crippen molar-refractivity contribution in [3.63, 3.8) is 0 Å². The predicted octanol–water partition coefficient (Wildman–Crippen LogP) is 2.43. The van der Waals surface area contributed by atoms with E-state index in [4.69, 9.17) is 4.84 Å². The topological polar surface area (TPSA) is 47.9 Å². The lowest BCUT2D eigenvalue weighted by molar-refractivity contribution is -0.134. The van der Waals surface area contributed by atoms with Gasteiger partial charge in [0, 0.05) is 5.56 Å². The van der Waals surface area contributed by atoms with Crippen LogP contribution in [0, 0.1) is 0 Å². The molecule has 0 saturated carbocycles. The third-order valence-electron chi connectivity index (χ3n) is 2.82. The van der Waals surface area contributed by atoms with Crippen molar-refractivity contribution in [3.05, 3.63) is 47.7 Å². The zero-order valence-electron chi connectivity index (χ0n) is 10.3. The van der Waals surface area contributed by atoms with Crippen molar-refractivity contribution in [2.24, 2.45) is 5.16 Å². The summed E-state index contributed by atoms with van der Waals surface area (Å²) in [7, 11) is 1.32. The minimum Gasteiger partial charge on any atom is -0.466 e. The van der Waals surface area contributed by atoms with Gasteiger partial charge in [-0.2, -0.15) is 0 Å². The number of oxime groups is 1. The molecule has 1 aliphatic rings. The Morgan fingerprint density at radius 3 is 3.00 bits per heavy atom. The lowest BCUT2D eigenvalue weighted by Gasteiger charge is -2.16. The molecule has 0 aliphatic heterocycles. The van der Waals surface area contributed by atoms with Crippen LogP contribution in [0.15, 0.2) is 41.8 Å². The summed E-state index contributed by atoms with van der Waals surface area (Å²) in [5.41, 5.74) is 3.35. The third-order valence-corrected chi connectivity index (χ3v) is 2.82. The molecule has 2 rings (SSSR count). The average Bonchev–Trinajstić information content (AvgIpc) is 2.43. The van der Waals surface area contributed by atoms with E-state index in [0.717, 1.165) is 30.5 Å². The van der Waals surface area contributed by atoms with Crippen molar-refractivity contribution in [3.8, 4) is 0 Å². The number of aryl methyl sites for hydroxylation is 1. The zero-order chi connectivity index (χ0) is 12.8. The second-order valence-corrected chi connectivity index (χ2v) is 3.98. The summed E-state index contributed by atoms with van der Waals surface area (Å²) in [6.07, 6.45) is 5.46. The van der Waals surface area contributed by atoms with Gasteiger partial charge in [-0.25, -0.2) is 4.79 Å². The summed E-state index contributed by atoms with van der Waals surface area (Å²) in [5, 5.41) is 4.05. The first-order valence-electron chi connectivity index (χ1n) is 5.86. The molecule has 0 atom stereocenters. The molecule has 1 aliphatic carbocycles. The Bertz CT molecular complexity index is 492. The SMILES string of the molecule is COC(=O)C=CON=C1CCCc2ccccc21. The normalized spacial score (nSPS) is 16.6. The van der Waals surface area contributed by atoms with Gasteiger partial charge in [-0.15, -0.1) is 0 Å². The van der Waals surface area contributed by atoms with E-state index in [1.165, 1.54) is 25.0 Å². The maximum Gasteiger partial charge on any atom is 0.333 e. The number of carbonyl (C=O) groups excluding carboxylic acids is 1. The number of hydrogen-bond acceptors (Lipinski definition) is 4. The van der Waals surface area contributed by atoms with Crippen molar-refractivity contribution < 1.29 is 14.4 Å². The molecule has 94 valence electrons. The monoisotopic (exact) mass is 245 g/mol. The van der Waals surface area contributed by atoms with Crippen LogP contribution in [0.2, 0.25) is 0 Å². The highest BCUT2D eigenvalue weighted by molar-refractivity contribution is 6.02. The highest BCUT2D eigenvalue weighted by Crippen LogP contribution is 2.21. The molecule has 0 aromatic heterocycles. The van der Waals surface area contributed by atoms with Gasteiger partial charge < -0.3 is 9.57 Å². The Morgan fingerprint density at radius 1 is 1.33 bits per heavy atom. The Hall–Kier alpha value is -2.10. The first kappa shape index (κ1) is 12.4. The minimum atomic E-state index is -0.459. The smallest absolute Gasteiger partial charge is 0.333 e. The molecule has 0 bridgehead atoms. The number of rotatable bonds is 3. The molecule has 0 unspecified atom stereocenters. The Labute approximate surface area is 106 Å². The van der Waals surface area contributed by atoms with Crippen LogP contribution < -0.4 is 0 Å². The molecule has 4 heteroatoms. The fourth-order valence-corrected chi connectivity index (χ4v) is 1.94. The number of methoxy groups -OCH3 is 1. The van der Waals surface area contributed by atoms with Crippen LogP contribution in [-0.2, 0) is 20.8 Å². The minimum absolute atomic E-state index is 0.459. The van der Waals surface area contributed by atoms with Crippen LogP contribution in [0.5, 0.6) is 0 Å². The molecule has 0 saturated heterocycles. The fraction of sp³-hybridized carbons (Fsp3) is 0.286. The number of ether oxygens (including phenoxy) is 1. The third kappa shape index (κ3) is 2.97. The quantitative estimate of drug-likeness (QED) is 0.355. The molecule has 1 aromatic carbocycles. The summed E-state index contributed by atoms with van der Waals surface area (Å²) in [6.45, 7) is 0. The van der Waals surface area contributed by atoms with Crippen molar-refractivity contribution in [1.82, 2.24) is 0 Å². The van der Waals surface area contributed by atoms with E-state index < -0.39 is 5.97 Å². The van der Waals surface area contributed by atoms with Crippen molar-refractivity contribution in [2.45, 2.75) is 19.3 Å². The number of benzene rings is 1. The van der Waals surface area contributed by atoms with Gasteiger partial charge in [0.15, 0.2) is 0 Å². The van der Waals surface area contributed by atoms with Crippen LogP contribution in [-0.4, -0.2) is 18.8 Å². The van der Waals surface area contributed by atoms with Crippen LogP contribution in [0.3, 0.4) is 0 Å². The van der Waals surface area contributed by atoms with Crippen LogP contribution in [0.4, 0.5) is 0 Å². The highest BCUT2D eigenvalue weighted by atomic mass is 16.6. The van der Waals surface area contributed by atoms with Gasteiger partial charge in [-0.05, 0) is 24.8 Å². The molecule has 1 aromatic rings. The van der Waals surface area contributed by atoms with Gasteiger partial charge in [0.25, 0.3) is 0 Å². The van der Waals surface area contributed by atoms with Gasteiger partial charge in [-0.1, -0.05) is 29.4 Å². The van der Waals surface area contributed by atoms with E-state index in [1.807, 2.05) is 18.2 Å². The van der Waals surface area contributed by atoms with Crippen LogP contribution >= 0.6 is 0 Å². The van der Waals surface area contributed by atoms with Gasteiger partial charge in [0.1, 0.15) is 6.26 Å². The van der Waals surface area contributed by atoms with Crippen molar-refractivity contribution in [2.75, 3.05) is 7.11 Å². The van der Waals surface area contributed by atoms with E-state index in [-0.39, 0.29) is 0 Å². The Kier molecular flexibility index (Phi) is 4.12. The Morgan fingerprint density at radius 2 is 2.17 bits per heavy atom. The standard InChI is InChI=1S/C14H15NO3/c1-17-14(16)9-10-18-15-13-8-4-6-11-5-2-3-7-12(11)13/h2-3,5,7,9-10H,4,6,8H2,1H3. The molecule has 0 fully saturated rings. The Balaban J connectivity index is 2.06. The first-order chi connectivity index (χ1) is 8.81. The van der Waals surface area contributed by atoms with E-state index in [2.05, 4.69) is 16.0 Å². The van der Waals surface area contributed by atoms with E-state index >= 15 is 0 Å². The number of hydrogen-bond donors (Lipinski definition) is 0. The van der Waals surface area contributed by atoms with Gasteiger partial charge in [0.2, 0.25) is 0 Å². The number of nitrogens with zero attached hydrogens (tertiary/aromatic N) is 1. The second kappa shape index (κ2) is 6.00. The summed E-state index contributed by atoms with van der Waals surface area (Å²) in [4.78, 5) is 15.8. The summed E-state index contributed by atoms with van der Waals surface area (Å²) < 4.78 is 4.44. The molecule has 4 nitrogen and oxygen atoms in total. The molecule has 18 heavy (non-hydrogen) atoms. The lowest BCUT2D eigenvalue weighted by atomic mass is 9.90. The molecule has 0 N–H and O–H groups in total. The lowest BCUT2D eigenvalue weighted by Crippen LogP contribution is -2.11. The molecule has 0 heterocycles. The van der Waals surface area contributed by atoms with Gasteiger partial charge in [-0.3, -0.25) is 0 Å². The molecule has 0 amide bonds. The van der Waals surface area contributed by atoms with E-state index in [9.17, 15) is 4.79 Å². The van der Waals surface area contributed by atoms with Gasteiger partial charge >= 0.3 is 5.97 Å². The maximum atomic E-state index is 10.8. The highest BCUT2D eigenvalue weighted by Gasteiger charge is 2.14. The molecule has 0 spiro atoms. The van der Waals surface area contributed by atoms with Gasteiger partial charge in [0.05, 0.1) is 18.9 Å². The number of carbonyl (C=O) groups is 1. The van der Waals surface area contributed by atoms with Crippen LogP contribution in [0.1, 0.15) is 24.0 Å². The second-order valence-electron chi connectivity index (χ2n) is 3.98. The largest absolute Gasteiger partial charge is 0.466 e. The fourth-order valence-electron chi connectivity index (χ4n) is 1.94. The summed E-state index contributed by atoms with van der Waals surface area (Å²) >= 11 is 0. The molecule has 0 radical (unpaired) electrons. The van der Waals surface area contributed by atoms with Crippen molar-refractivity contribution >= 4 is 11.7 Å². The number of fused-ring (bicyclic) bond motifs is 1. The van der Waals surface area contributed by atoms with E-state index in [1.54, 1.807) is 0 Å². The molecular formula is C14H15NO3. The molecular weight excluding hydrogens is 230 g/mol. The maximum absolute atomic E-state index is 10.8. The predicted molar refractivity (Wildman–Crippen MR) is 68.2 cm³/mol. The summed E-state index contributed by atoms with van der Waals surface area (Å²) in [6, 6.07) is 8.17. The van der Waals surface area contributed by atoms with Crippen LogP contribution in [0.25, 0.3) is 0 Å². The zero-order valence-corrected chi connectivity index (χ0v) is 10.3. The average molecular weight is 245 g/mol.